The summed E-state index contributed by atoms with van der Waals surface area (Å²) in [4.78, 5) is 11.7. The van der Waals surface area contributed by atoms with E-state index in [0.29, 0.717) is 28.6 Å². The molecule has 24 heavy (non-hydrogen) atoms. The molecule has 1 aromatic heterocycles. The minimum absolute atomic E-state index is 0.238. The van der Waals surface area contributed by atoms with Crippen molar-refractivity contribution in [2.24, 2.45) is 0 Å². The molecule has 3 rings (SSSR count). The third kappa shape index (κ3) is 3.40. The van der Waals surface area contributed by atoms with Crippen LogP contribution in [-0.4, -0.2) is 23.3 Å². The average Bonchev–Trinajstić information content (AvgIpc) is 3.09. The van der Waals surface area contributed by atoms with Gasteiger partial charge in [0, 0.05) is 11.3 Å². The molecular weight excluding hydrogens is 313 g/mol. The highest BCUT2D eigenvalue weighted by molar-refractivity contribution is 5.95. The van der Waals surface area contributed by atoms with Crippen LogP contribution in [0.5, 0.6) is 0 Å². The fourth-order valence-corrected chi connectivity index (χ4v) is 2.13. The minimum atomic E-state index is -0.435. The first-order chi connectivity index (χ1) is 11.7. The van der Waals surface area contributed by atoms with E-state index in [2.05, 4.69) is 15.5 Å². The largest absolute Gasteiger partial charge is 0.465 e. The van der Waals surface area contributed by atoms with E-state index in [4.69, 9.17) is 9.15 Å². The first-order valence-corrected chi connectivity index (χ1v) is 7.17. The van der Waals surface area contributed by atoms with Gasteiger partial charge in [-0.05, 0) is 36.4 Å². The number of carbonyl (C=O) groups is 1. The van der Waals surface area contributed by atoms with Gasteiger partial charge in [0.1, 0.15) is 5.82 Å². The van der Waals surface area contributed by atoms with Gasteiger partial charge in [-0.1, -0.05) is 12.1 Å². The Balaban J connectivity index is 1.72. The second-order valence-electron chi connectivity index (χ2n) is 4.90. The van der Waals surface area contributed by atoms with Crippen molar-refractivity contribution in [1.29, 1.82) is 0 Å². The summed E-state index contributed by atoms with van der Waals surface area (Å²) in [7, 11) is 1.33. The van der Waals surface area contributed by atoms with E-state index >= 15 is 0 Å². The Labute approximate surface area is 137 Å². The molecule has 0 aliphatic carbocycles. The highest BCUT2D eigenvalue weighted by Crippen LogP contribution is 2.20. The van der Waals surface area contributed by atoms with Crippen LogP contribution in [-0.2, 0) is 11.3 Å². The van der Waals surface area contributed by atoms with Gasteiger partial charge < -0.3 is 14.5 Å². The number of halogens is 1. The van der Waals surface area contributed by atoms with E-state index in [1.54, 1.807) is 36.4 Å². The fraction of sp³-hybridized carbons (Fsp3) is 0.118. The Kier molecular flexibility index (Phi) is 4.51. The van der Waals surface area contributed by atoms with Crippen molar-refractivity contribution in [1.82, 2.24) is 10.2 Å². The maximum absolute atomic E-state index is 12.9. The van der Waals surface area contributed by atoms with Crippen LogP contribution in [0.4, 0.5) is 10.1 Å². The van der Waals surface area contributed by atoms with Gasteiger partial charge in [-0.3, -0.25) is 0 Å². The van der Waals surface area contributed by atoms with Gasteiger partial charge in [0.05, 0.1) is 19.2 Å². The summed E-state index contributed by atoms with van der Waals surface area (Å²) in [6, 6.07) is 12.7. The molecule has 0 unspecified atom stereocenters. The van der Waals surface area contributed by atoms with E-state index in [-0.39, 0.29) is 12.4 Å². The number of rotatable bonds is 5. The number of nitrogens with zero attached hydrogens (tertiary/aromatic N) is 2. The molecule has 0 radical (unpaired) electrons. The number of methoxy groups -OCH3 is 1. The lowest BCUT2D eigenvalue weighted by Crippen LogP contribution is -2.08. The summed E-state index contributed by atoms with van der Waals surface area (Å²) in [6.45, 7) is 0.238. The van der Waals surface area contributed by atoms with E-state index in [1.807, 2.05) is 0 Å². The Bertz CT molecular complexity index is 846. The zero-order valence-electron chi connectivity index (χ0n) is 12.8. The normalized spacial score (nSPS) is 10.4. The van der Waals surface area contributed by atoms with Crippen LogP contribution in [0.15, 0.2) is 52.9 Å². The van der Waals surface area contributed by atoms with E-state index in [0.717, 1.165) is 0 Å². The van der Waals surface area contributed by atoms with Crippen LogP contribution in [0.3, 0.4) is 0 Å². The summed E-state index contributed by atoms with van der Waals surface area (Å²) in [5.74, 6) is -0.128. The summed E-state index contributed by atoms with van der Waals surface area (Å²) in [6.07, 6.45) is 0. The highest BCUT2D eigenvalue weighted by atomic mass is 19.1. The quantitative estimate of drug-likeness (QED) is 0.725. The summed E-state index contributed by atoms with van der Waals surface area (Å²) in [5.41, 5.74) is 1.65. The molecule has 0 amide bonds. The number of anilines is 1. The zero-order chi connectivity index (χ0) is 16.9. The highest BCUT2D eigenvalue weighted by Gasteiger charge is 2.13. The predicted octanol–water partition coefficient (Wildman–Crippen LogP) is 3.27. The Hall–Kier alpha value is -3.22. The molecule has 0 aliphatic heterocycles. The molecule has 0 aliphatic rings. The van der Waals surface area contributed by atoms with Gasteiger partial charge in [-0.2, -0.15) is 0 Å². The summed E-state index contributed by atoms with van der Waals surface area (Å²) >= 11 is 0. The van der Waals surface area contributed by atoms with Crippen LogP contribution in [0, 0.1) is 5.82 Å². The van der Waals surface area contributed by atoms with Crippen molar-refractivity contribution in [3.8, 4) is 11.5 Å². The van der Waals surface area contributed by atoms with Crippen molar-refractivity contribution in [2.75, 3.05) is 12.4 Å². The molecule has 2 aromatic carbocycles. The number of para-hydroxylation sites is 1. The number of carbonyl (C=O) groups excluding carboxylic acids is 1. The molecule has 0 atom stereocenters. The lowest BCUT2D eigenvalue weighted by molar-refractivity contribution is 0.0602. The van der Waals surface area contributed by atoms with Crippen molar-refractivity contribution in [3.63, 3.8) is 0 Å². The third-order valence-corrected chi connectivity index (χ3v) is 3.32. The first kappa shape index (κ1) is 15.7. The monoisotopic (exact) mass is 327 g/mol. The standard InChI is InChI=1S/C17H14FN3O3/c1-23-17(22)13-4-2-3-5-14(13)19-10-15-20-21-16(24-15)11-6-8-12(18)9-7-11/h2-9,19H,10H2,1H3. The zero-order valence-corrected chi connectivity index (χ0v) is 12.8. The van der Waals surface area contributed by atoms with Crippen LogP contribution in [0.1, 0.15) is 16.2 Å². The Morgan fingerprint density at radius 3 is 2.67 bits per heavy atom. The first-order valence-electron chi connectivity index (χ1n) is 7.17. The second kappa shape index (κ2) is 6.91. The molecule has 6 nitrogen and oxygen atoms in total. The average molecular weight is 327 g/mol. The molecule has 3 aromatic rings. The van der Waals surface area contributed by atoms with Crippen molar-refractivity contribution >= 4 is 11.7 Å². The molecule has 0 bridgehead atoms. The van der Waals surface area contributed by atoms with Crippen LogP contribution >= 0.6 is 0 Å². The Morgan fingerprint density at radius 1 is 1.17 bits per heavy atom. The molecule has 1 heterocycles. The van der Waals surface area contributed by atoms with Gasteiger partial charge in [0.25, 0.3) is 0 Å². The van der Waals surface area contributed by atoms with Crippen LogP contribution < -0.4 is 5.32 Å². The molecule has 1 N–H and O–H groups in total. The summed E-state index contributed by atoms with van der Waals surface area (Å²) < 4.78 is 23.2. The van der Waals surface area contributed by atoms with E-state index < -0.39 is 5.97 Å². The number of ether oxygens (including phenoxy) is 1. The lowest BCUT2D eigenvalue weighted by Gasteiger charge is -2.08. The predicted molar refractivity (Wildman–Crippen MR) is 84.8 cm³/mol. The van der Waals surface area contributed by atoms with E-state index in [9.17, 15) is 9.18 Å². The topological polar surface area (TPSA) is 77.2 Å². The number of nitrogens with one attached hydrogen (secondary N) is 1. The lowest BCUT2D eigenvalue weighted by atomic mass is 10.2. The van der Waals surface area contributed by atoms with Gasteiger partial charge in [-0.15, -0.1) is 10.2 Å². The smallest absolute Gasteiger partial charge is 0.339 e. The summed E-state index contributed by atoms with van der Waals surface area (Å²) in [5, 5.41) is 10.9. The molecule has 0 saturated heterocycles. The second-order valence-corrected chi connectivity index (χ2v) is 4.90. The van der Waals surface area contributed by atoms with Gasteiger partial charge >= 0.3 is 5.97 Å². The Morgan fingerprint density at radius 2 is 1.92 bits per heavy atom. The third-order valence-electron chi connectivity index (χ3n) is 3.32. The SMILES string of the molecule is COC(=O)c1ccccc1NCc1nnc(-c2ccc(F)cc2)o1. The number of benzene rings is 2. The maximum Gasteiger partial charge on any atom is 0.339 e. The molecule has 0 saturated carbocycles. The molecule has 0 spiro atoms. The van der Waals surface area contributed by atoms with Gasteiger partial charge in [0.15, 0.2) is 0 Å². The van der Waals surface area contributed by atoms with Gasteiger partial charge in [0.2, 0.25) is 11.8 Å². The molecule has 0 fully saturated rings. The van der Waals surface area contributed by atoms with Crippen molar-refractivity contribution < 1.29 is 18.3 Å². The maximum atomic E-state index is 12.9. The fourth-order valence-electron chi connectivity index (χ4n) is 2.13. The molecule has 7 heteroatoms. The van der Waals surface area contributed by atoms with Crippen LogP contribution in [0.25, 0.3) is 11.5 Å². The van der Waals surface area contributed by atoms with E-state index in [1.165, 1.54) is 19.2 Å². The van der Waals surface area contributed by atoms with Gasteiger partial charge in [-0.25, -0.2) is 9.18 Å². The number of aromatic nitrogens is 2. The minimum Gasteiger partial charge on any atom is -0.465 e. The number of hydrogen-bond donors (Lipinski definition) is 1. The van der Waals surface area contributed by atoms with Crippen LogP contribution in [0.2, 0.25) is 0 Å². The number of esters is 1. The molecular formula is C17H14FN3O3. The number of hydrogen-bond acceptors (Lipinski definition) is 6. The van der Waals surface area contributed by atoms with Crippen molar-refractivity contribution in [3.05, 3.63) is 65.8 Å². The molecule has 122 valence electrons. The van der Waals surface area contributed by atoms with Crippen molar-refractivity contribution in [2.45, 2.75) is 6.54 Å².